The highest BCUT2D eigenvalue weighted by molar-refractivity contribution is 7.23. The van der Waals surface area contributed by atoms with Gasteiger partial charge in [0.15, 0.2) is 5.13 Å². The predicted octanol–water partition coefficient (Wildman–Crippen LogP) is 5.16. The summed E-state index contributed by atoms with van der Waals surface area (Å²) >= 11 is 1.27. The van der Waals surface area contributed by atoms with Crippen molar-refractivity contribution in [2.45, 2.75) is 33.0 Å². The lowest BCUT2D eigenvalue weighted by Crippen LogP contribution is -2.27. The first-order valence-corrected chi connectivity index (χ1v) is 12.4. The standard InChI is InChI=1S/C25H27F3N4O3S/c1-4-32(15(2)33)19-8-9-20(35-3)21-22(19)36-24(29-21)30-23(34)17-10-11-31(14-17)13-16-6-5-7-18(12-16)25(26,27)28/h5-9,12,17H,4,10-11,13-14H2,1-3H3,(H,29,30,34)/t17-/m1/s1. The summed E-state index contributed by atoms with van der Waals surface area (Å²) in [4.78, 5) is 33.3. The Kier molecular flexibility index (Phi) is 7.51. The van der Waals surface area contributed by atoms with E-state index in [-0.39, 0.29) is 17.7 Å². The highest BCUT2D eigenvalue weighted by atomic mass is 32.1. The molecule has 0 spiro atoms. The molecule has 3 aromatic rings. The van der Waals surface area contributed by atoms with E-state index in [1.807, 2.05) is 11.8 Å². The van der Waals surface area contributed by atoms with Crippen molar-refractivity contribution in [3.05, 3.63) is 47.5 Å². The fourth-order valence-corrected chi connectivity index (χ4v) is 5.47. The molecular weight excluding hydrogens is 493 g/mol. The highest BCUT2D eigenvalue weighted by Gasteiger charge is 2.32. The van der Waals surface area contributed by atoms with Crippen molar-refractivity contribution in [3.8, 4) is 5.75 Å². The summed E-state index contributed by atoms with van der Waals surface area (Å²) in [7, 11) is 1.53. The van der Waals surface area contributed by atoms with Gasteiger partial charge in [0.1, 0.15) is 11.3 Å². The predicted molar refractivity (Wildman–Crippen MR) is 133 cm³/mol. The van der Waals surface area contributed by atoms with E-state index in [4.69, 9.17) is 4.74 Å². The lowest BCUT2D eigenvalue weighted by molar-refractivity contribution is -0.137. The Morgan fingerprint density at radius 2 is 2.06 bits per heavy atom. The molecule has 0 saturated carbocycles. The molecule has 2 amide bonds. The number of nitrogens with one attached hydrogen (secondary N) is 1. The number of carbonyl (C=O) groups excluding carboxylic acids is 2. The quantitative estimate of drug-likeness (QED) is 0.466. The van der Waals surface area contributed by atoms with Crippen LogP contribution in [0.3, 0.4) is 0 Å². The number of aromatic nitrogens is 1. The first-order valence-electron chi connectivity index (χ1n) is 11.6. The second-order valence-corrected chi connectivity index (χ2v) is 9.65. The van der Waals surface area contributed by atoms with Crippen molar-refractivity contribution in [1.29, 1.82) is 0 Å². The summed E-state index contributed by atoms with van der Waals surface area (Å²) in [5.41, 5.74) is 1.15. The van der Waals surface area contributed by atoms with Crippen LogP contribution < -0.4 is 15.0 Å². The number of halogens is 3. The second-order valence-electron chi connectivity index (χ2n) is 8.66. The van der Waals surface area contributed by atoms with E-state index in [1.165, 1.54) is 31.4 Å². The molecule has 11 heteroatoms. The summed E-state index contributed by atoms with van der Waals surface area (Å²) in [6, 6.07) is 8.82. The number of fused-ring (bicyclic) bond motifs is 1. The molecule has 4 rings (SSSR count). The van der Waals surface area contributed by atoms with Crippen LogP contribution in [0.2, 0.25) is 0 Å². The number of amides is 2. The number of nitrogens with zero attached hydrogens (tertiary/aromatic N) is 3. The van der Waals surface area contributed by atoms with E-state index in [0.717, 1.165) is 16.8 Å². The second kappa shape index (κ2) is 10.4. The van der Waals surface area contributed by atoms with Crippen LogP contribution in [0.25, 0.3) is 10.2 Å². The van der Waals surface area contributed by atoms with E-state index in [9.17, 15) is 22.8 Å². The molecule has 1 fully saturated rings. The minimum atomic E-state index is -4.39. The molecule has 1 aliphatic heterocycles. The number of carbonyl (C=O) groups is 2. The molecule has 192 valence electrons. The number of rotatable bonds is 7. The maximum Gasteiger partial charge on any atom is 0.416 e. The van der Waals surface area contributed by atoms with Gasteiger partial charge in [-0.3, -0.25) is 14.5 Å². The normalized spacial score (nSPS) is 16.3. The lowest BCUT2D eigenvalue weighted by Gasteiger charge is -2.20. The van der Waals surface area contributed by atoms with Crippen LogP contribution in [0.15, 0.2) is 36.4 Å². The van der Waals surface area contributed by atoms with Crippen LogP contribution in [0, 0.1) is 5.92 Å². The van der Waals surface area contributed by atoms with Gasteiger partial charge in [-0.05, 0) is 43.7 Å². The van der Waals surface area contributed by atoms with Gasteiger partial charge in [0.05, 0.1) is 29.0 Å². The van der Waals surface area contributed by atoms with Gasteiger partial charge in [0.25, 0.3) is 0 Å². The van der Waals surface area contributed by atoms with Gasteiger partial charge in [-0.1, -0.05) is 29.5 Å². The molecule has 1 aliphatic rings. The zero-order chi connectivity index (χ0) is 26.0. The number of anilines is 2. The molecule has 0 bridgehead atoms. The van der Waals surface area contributed by atoms with Crippen LogP contribution in [0.1, 0.15) is 31.4 Å². The molecule has 2 heterocycles. The third kappa shape index (κ3) is 5.46. The Balaban J connectivity index is 1.47. The topological polar surface area (TPSA) is 74.8 Å². The zero-order valence-electron chi connectivity index (χ0n) is 20.2. The summed E-state index contributed by atoms with van der Waals surface area (Å²) in [6.45, 7) is 5.25. The Bertz CT molecular complexity index is 1280. The SMILES string of the molecule is CCN(C(C)=O)c1ccc(OC)c2nc(NC(=O)[C@@H]3CCN(Cc4cccc(C(F)(F)F)c4)C3)sc12. The van der Waals surface area contributed by atoms with Crippen molar-refractivity contribution in [1.82, 2.24) is 9.88 Å². The molecule has 1 N–H and O–H groups in total. The number of hydrogen-bond acceptors (Lipinski definition) is 6. The number of thiazole rings is 1. The van der Waals surface area contributed by atoms with E-state index < -0.39 is 11.7 Å². The average molecular weight is 521 g/mol. The van der Waals surface area contributed by atoms with Crippen LogP contribution in [-0.2, 0) is 22.3 Å². The van der Waals surface area contributed by atoms with Crippen molar-refractivity contribution >= 4 is 44.2 Å². The minimum Gasteiger partial charge on any atom is -0.494 e. The number of ether oxygens (including phenoxy) is 1. The van der Waals surface area contributed by atoms with Crippen molar-refractivity contribution in [2.75, 3.05) is 37.0 Å². The largest absolute Gasteiger partial charge is 0.494 e. The maximum absolute atomic E-state index is 13.0. The van der Waals surface area contributed by atoms with E-state index in [2.05, 4.69) is 10.3 Å². The molecule has 0 unspecified atom stereocenters. The van der Waals surface area contributed by atoms with E-state index in [0.29, 0.717) is 60.2 Å². The van der Waals surface area contributed by atoms with Crippen LogP contribution >= 0.6 is 11.3 Å². The molecule has 1 aromatic heterocycles. The minimum absolute atomic E-state index is 0.102. The molecular formula is C25H27F3N4O3S. The zero-order valence-corrected chi connectivity index (χ0v) is 21.0. The average Bonchev–Trinajstić information content (AvgIpc) is 3.46. The summed E-state index contributed by atoms with van der Waals surface area (Å²) in [6.07, 6.45) is -3.79. The van der Waals surface area contributed by atoms with Crippen molar-refractivity contribution < 1.29 is 27.5 Å². The summed E-state index contributed by atoms with van der Waals surface area (Å²) in [5, 5.41) is 3.29. The van der Waals surface area contributed by atoms with Crippen LogP contribution in [-0.4, -0.2) is 48.4 Å². The monoisotopic (exact) mass is 520 g/mol. The Morgan fingerprint density at radius 1 is 1.28 bits per heavy atom. The Morgan fingerprint density at radius 3 is 2.72 bits per heavy atom. The van der Waals surface area contributed by atoms with Gasteiger partial charge in [-0.2, -0.15) is 13.2 Å². The third-order valence-electron chi connectivity index (χ3n) is 6.23. The Hall–Kier alpha value is -3.18. The summed E-state index contributed by atoms with van der Waals surface area (Å²) < 4.78 is 45.2. The van der Waals surface area contributed by atoms with Crippen molar-refractivity contribution in [3.63, 3.8) is 0 Å². The molecule has 7 nitrogen and oxygen atoms in total. The molecule has 0 radical (unpaired) electrons. The number of hydrogen-bond donors (Lipinski definition) is 1. The van der Waals surface area contributed by atoms with E-state index >= 15 is 0 Å². The first kappa shape index (κ1) is 25.9. The Labute approximate surface area is 210 Å². The number of benzene rings is 2. The fourth-order valence-electron chi connectivity index (χ4n) is 4.47. The lowest BCUT2D eigenvalue weighted by atomic mass is 10.1. The molecule has 1 saturated heterocycles. The molecule has 1 atom stereocenters. The van der Waals surface area contributed by atoms with Crippen molar-refractivity contribution in [2.24, 2.45) is 5.92 Å². The van der Waals surface area contributed by atoms with Crippen LogP contribution in [0.4, 0.5) is 24.0 Å². The van der Waals surface area contributed by atoms with Gasteiger partial charge < -0.3 is 15.0 Å². The van der Waals surface area contributed by atoms with Gasteiger partial charge in [0.2, 0.25) is 11.8 Å². The van der Waals surface area contributed by atoms with Gasteiger partial charge >= 0.3 is 6.18 Å². The van der Waals surface area contributed by atoms with E-state index in [1.54, 1.807) is 23.1 Å². The molecule has 0 aliphatic carbocycles. The number of methoxy groups -OCH3 is 1. The highest BCUT2D eigenvalue weighted by Crippen LogP contribution is 2.40. The smallest absolute Gasteiger partial charge is 0.416 e. The van der Waals surface area contributed by atoms with Gasteiger partial charge in [-0.15, -0.1) is 0 Å². The molecule has 36 heavy (non-hydrogen) atoms. The first-order chi connectivity index (χ1) is 17.1. The van der Waals surface area contributed by atoms with Crippen LogP contribution in [0.5, 0.6) is 5.75 Å². The fraction of sp³-hybridized carbons (Fsp3) is 0.400. The third-order valence-corrected chi connectivity index (χ3v) is 7.22. The van der Waals surface area contributed by atoms with Gasteiger partial charge in [-0.25, -0.2) is 4.98 Å². The van der Waals surface area contributed by atoms with Gasteiger partial charge in [0, 0.05) is 26.6 Å². The number of likely N-dealkylation sites (tertiary alicyclic amines) is 1. The number of alkyl halides is 3. The molecule has 2 aromatic carbocycles. The summed E-state index contributed by atoms with van der Waals surface area (Å²) in [5.74, 6) is -0.0680. The maximum atomic E-state index is 13.0.